The van der Waals surface area contributed by atoms with Crippen LogP contribution in [0.25, 0.3) is 0 Å². The first-order valence-electron chi connectivity index (χ1n) is 5.87. The van der Waals surface area contributed by atoms with Crippen LogP contribution in [0.15, 0.2) is 12.3 Å². The number of aromatic nitrogens is 1. The lowest BCUT2D eigenvalue weighted by Crippen LogP contribution is -2.14. The van der Waals surface area contributed by atoms with Crippen molar-refractivity contribution in [1.82, 2.24) is 4.98 Å². The van der Waals surface area contributed by atoms with Crippen LogP contribution in [0.3, 0.4) is 0 Å². The number of anilines is 1. The van der Waals surface area contributed by atoms with E-state index in [0.29, 0.717) is 23.3 Å². The summed E-state index contributed by atoms with van der Waals surface area (Å²) < 4.78 is 0. The number of aromatic carboxylic acids is 1. The van der Waals surface area contributed by atoms with E-state index < -0.39 is 5.97 Å². The van der Waals surface area contributed by atoms with E-state index >= 15 is 0 Å². The number of hydrogen-bond donors (Lipinski definition) is 3. The normalized spacial score (nSPS) is 23.0. The van der Waals surface area contributed by atoms with Gasteiger partial charge in [0.25, 0.3) is 0 Å². The lowest BCUT2D eigenvalue weighted by atomic mass is 10.1. The van der Waals surface area contributed by atoms with Gasteiger partial charge >= 0.3 is 5.97 Å². The summed E-state index contributed by atoms with van der Waals surface area (Å²) in [5.74, 6) is -0.144. The molecule has 0 aliphatic heterocycles. The molecule has 6 heteroatoms. The van der Waals surface area contributed by atoms with Crippen LogP contribution in [-0.4, -0.2) is 33.8 Å². The van der Waals surface area contributed by atoms with E-state index in [1.54, 1.807) is 0 Å². The van der Waals surface area contributed by atoms with Gasteiger partial charge in [-0.05, 0) is 31.2 Å². The van der Waals surface area contributed by atoms with Gasteiger partial charge in [0, 0.05) is 12.7 Å². The van der Waals surface area contributed by atoms with E-state index in [1.165, 1.54) is 12.3 Å². The topological polar surface area (TPSA) is 82.5 Å². The van der Waals surface area contributed by atoms with Gasteiger partial charge in [0.15, 0.2) is 0 Å². The van der Waals surface area contributed by atoms with E-state index in [2.05, 4.69) is 10.3 Å². The molecular weight excluding hydrogens is 256 g/mol. The monoisotopic (exact) mass is 270 g/mol. The second kappa shape index (κ2) is 5.54. The minimum absolute atomic E-state index is 0.0711. The van der Waals surface area contributed by atoms with E-state index in [4.69, 9.17) is 16.7 Å². The lowest BCUT2D eigenvalue weighted by molar-refractivity contribution is 0.0696. The first-order valence-corrected chi connectivity index (χ1v) is 6.25. The standard InChI is InChI=1S/C12H15ClN2O3/c13-10-4-8(12(17)18)6-15-11(10)14-5-7-1-2-9(16)3-7/h4,6-7,9,16H,1-3,5H2,(H,14,15)(H,17,18). The number of rotatable bonds is 4. The van der Waals surface area contributed by atoms with Gasteiger partial charge in [-0.3, -0.25) is 0 Å². The highest BCUT2D eigenvalue weighted by Crippen LogP contribution is 2.27. The van der Waals surface area contributed by atoms with Crippen molar-refractivity contribution in [1.29, 1.82) is 0 Å². The van der Waals surface area contributed by atoms with Crippen molar-refractivity contribution in [2.75, 3.05) is 11.9 Å². The summed E-state index contributed by atoms with van der Waals surface area (Å²) in [6.07, 6.45) is 3.69. The molecule has 1 aliphatic carbocycles. The van der Waals surface area contributed by atoms with Gasteiger partial charge in [0.1, 0.15) is 5.82 Å². The predicted octanol–water partition coefficient (Wildman–Crippen LogP) is 2.01. The summed E-state index contributed by atoms with van der Waals surface area (Å²) in [5.41, 5.74) is 0.0711. The smallest absolute Gasteiger partial charge is 0.337 e. The zero-order valence-electron chi connectivity index (χ0n) is 9.77. The van der Waals surface area contributed by atoms with Crippen molar-refractivity contribution < 1.29 is 15.0 Å². The van der Waals surface area contributed by atoms with Crippen molar-refractivity contribution in [2.24, 2.45) is 5.92 Å². The molecule has 5 nitrogen and oxygen atoms in total. The Hall–Kier alpha value is -1.33. The fraction of sp³-hybridized carbons (Fsp3) is 0.500. The number of aliphatic hydroxyl groups is 1. The van der Waals surface area contributed by atoms with Crippen molar-refractivity contribution in [3.63, 3.8) is 0 Å². The molecule has 1 aliphatic rings. The Balaban J connectivity index is 1.95. The molecule has 0 saturated heterocycles. The van der Waals surface area contributed by atoms with Crippen LogP contribution in [0.2, 0.25) is 5.02 Å². The van der Waals surface area contributed by atoms with Gasteiger partial charge in [0.05, 0.1) is 16.7 Å². The van der Waals surface area contributed by atoms with Gasteiger partial charge in [-0.15, -0.1) is 0 Å². The van der Waals surface area contributed by atoms with E-state index in [0.717, 1.165) is 19.3 Å². The highest BCUT2D eigenvalue weighted by atomic mass is 35.5. The molecule has 1 fully saturated rings. The molecular formula is C12H15ClN2O3. The Bertz CT molecular complexity index is 453. The van der Waals surface area contributed by atoms with Crippen molar-refractivity contribution in [3.8, 4) is 0 Å². The lowest BCUT2D eigenvalue weighted by Gasteiger charge is -2.12. The fourth-order valence-electron chi connectivity index (χ4n) is 2.16. The molecule has 18 heavy (non-hydrogen) atoms. The summed E-state index contributed by atoms with van der Waals surface area (Å²) in [4.78, 5) is 14.7. The molecule has 3 N–H and O–H groups in total. The maximum absolute atomic E-state index is 10.7. The average Bonchev–Trinajstić information content (AvgIpc) is 2.73. The Kier molecular flexibility index (Phi) is 4.04. The van der Waals surface area contributed by atoms with E-state index in [9.17, 15) is 9.90 Å². The minimum atomic E-state index is -1.05. The third-order valence-corrected chi connectivity index (χ3v) is 3.45. The average molecular weight is 271 g/mol. The van der Waals surface area contributed by atoms with Crippen LogP contribution < -0.4 is 5.32 Å². The van der Waals surface area contributed by atoms with Gasteiger partial charge < -0.3 is 15.5 Å². The zero-order chi connectivity index (χ0) is 13.1. The number of pyridine rings is 1. The maximum atomic E-state index is 10.7. The predicted molar refractivity (Wildman–Crippen MR) is 68.0 cm³/mol. The van der Waals surface area contributed by atoms with Crippen LogP contribution >= 0.6 is 11.6 Å². The Morgan fingerprint density at radius 1 is 1.56 bits per heavy atom. The van der Waals surface area contributed by atoms with Gasteiger partial charge in [0.2, 0.25) is 0 Å². The number of carboxylic acids is 1. The quantitative estimate of drug-likeness (QED) is 0.780. The number of hydrogen-bond acceptors (Lipinski definition) is 4. The number of halogens is 1. The van der Waals surface area contributed by atoms with Crippen LogP contribution in [-0.2, 0) is 0 Å². The highest BCUT2D eigenvalue weighted by Gasteiger charge is 2.22. The number of carboxylic acid groups (broad SMARTS) is 1. The Labute approximate surface area is 110 Å². The molecule has 1 aromatic heterocycles. The highest BCUT2D eigenvalue weighted by molar-refractivity contribution is 6.33. The summed E-state index contributed by atoms with van der Waals surface area (Å²) in [6, 6.07) is 1.38. The summed E-state index contributed by atoms with van der Waals surface area (Å²) >= 11 is 5.95. The van der Waals surface area contributed by atoms with Crippen LogP contribution in [0.4, 0.5) is 5.82 Å². The summed E-state index contributed by atoms with van der Waals surface area (Å²) in [5, 5.41) is 21.6. The number of nitrogens with one attached hydrogen (secondary N) is 1. The fourth-order valence-corrected chi connectivity index (χ4v) is 2.39. The molecule has 0 aromatic carbocycles. The molecule has 98 valence electrons. The number of aliphatic hydroxyl groups excluding tert-OH is 1. The zero-order valence-corrected chi connectivity index (χ0v) is 10.5. The second-order valence-electron chi connectivity index (χ2n) is 4.57. The van der Waals surface area contributed by atoms with E-state index in [1.807, 2.05) is 0 Å². The summed E-state index contributed by atoms with van der Waals surface area (Å²) in [7, 11) is 0. The molecule has 0 spiro atoms. The van der Waals surface area contributed by atoms with Crippen molar-refractivity contribution in [3.05, 3.63) is 22.8 Å². The second-order valence-corrected chi connectivity index (χ2v) is 4.98. The van der Waals surface area contributed by atoms with Crippen molar-refractivity contribution >= 4 is 23.4 Å². The SMILES string of the molecule is O=C(O)c1cnc(NCC2CCC(O)C2)c(Cl)c1. The maximum Gasteiger partial charge on any atom is 0.337 e. The van der Waals surface area contributed by atoms with Gasteiger partial charge in [-0.1, -0.05) is 11.6 Å². The molecule has 1 aromatic rings. The van der Waals surface area contributed by atoms with Crippen LogP contribution in [0, 0.1) is 5.92 Å². The molecule has 0 radical (unpaired) electrons. The number of carbonyl (C=O) groups is 1. The molecule has 1 saturated carbocycles. The number of nitrogens with zero attached hydrogens (tertiary/aromatic N) is 1. The molecule has 2 rings (SSSR count). The largest absolute Gasteiger partial charge is 0.478 e. The minimum Gasteiger partial charge on any atom is -0.478 e. The van der Waals surface area contributed by atoms with E-state index in [-0.39, 0.29) is 11.7 Å². The third-order valence-electron chi connectivity index (χ3n) is 3.16. The molecule has 1 heterocycles. The van der Waals surface area contributed by atoms with Crippen LogP contribution in [0.5, 0.6) is 0 Å². The molecule has 2 atom stereocenters. The summed E-state index contributed by atoms with van der Waals surface area (Å²) in [6.45, 7) is 0.691. The Morgan fingerprint density at radius 2 is 2.33 bits per heavy atom. The molecule has 0 amide bonds. The van der Waals surface area contributed by atoms with Gasteiger partial charge in [-0.25, -0.2) is 9.78 Å². The Morgan fingerprint density at radius 3 is 2.89 bits per heavy atom. The molecule has 2 unspecified atom stereocenters. The molecule has 0 bridgehead atoms. The van der Waals surface area contributed by atoms with Crippen LogP contribution in [0.1, 0.15) is 29.6 Å². The van der Waals surface area contributed by atoms with Gasteiger partial charge in [-0.2, -0.15) is 0 Å². The first-order chi connectivity index (χ1) is 8.56. The third kappa shape index (κ3) is 3.11. The van der Waals surface area contributed by atoms with Crippen molar-refractivity contribution in [2.45, 2.75) is 25.4 Å². The first kappa shape index (κ1) is 13.1.